The number of hydrogen-bond donors (Lipinski definition) is 0. The smallest absolute Gasteiger partial charge is 0.123 e. The van der Waals surface area contributed by atoms with E-state index in [0.29, 0.717) is 16.3 Å². The summed E-state index contributed by atoms with van der Waals surface area (Å²) in [4.78, 5) is 0.571. The average molecular weight is 297 g/mol. The molecule has 0 amide bonds. The number of benzene rings is 1. The van der Waals surface area contributed by atoms with E-state index in [1.165, 1.54) is 12.0 Å². The van der Waals surface area contributed by atoms with E-state index < -0.39 is 0 Å². The Morgan fingerprint density at radius 3 is 2.76 bits per heavy atom. The summed E-state index contributed by atoms with van der Waals surface area (Å²) in [5.74, 6) is 1.08. The Balaban J connectivity index is 1.95. The molecule has 0 radical (unpaired) electrons. The highest BCUT2D eigenvalue weighted by atomic mass is 79.9. The van der Waals surface area contributed by atoms with Crippen LogP contribution in [0.25, 0.3) is 0 Å². The highest BCUT2D eigenvalue weighted by Crippen LogP contribution is 2.37. The molecular formula is C15H21BrO. The number of hydrogen-bond acceptors (Lipinski definition) is 1. The van der Waals surface area contributed by atoms with Crippen LogP contribution in [-0.2, 0) is 6.42 Å². The van der Waals surface area contributed by atoms with Crippen molar-refractivity contribution in [2.75, 3.05) is 0 Å². The van der Waals surface area contributed by atoms with Crippen molar-refractivity contribution in [2.45, 2.75) is 51.0 Å². The molecule has 0 aromatic heterocycles. The molecule has 0 saturated heterocycles. The van der Waals surface area contributed by atoms with Crippen LogP contribution in [0.15, 0.2) is 24.3 Å². The van der Waals surface area contributed by atoms with Crippen molar-refractivity contribution >= 4 is 15.9 Å². The highest BCUT2D eigenvalue weighted by molar-refractivity contribution is 9.09. The van der Waals surface area contributed by atoms with Gasteiger partial charge < -0.3 is 4.74 Å². The number of fused-ring (bicyclic) bond motifs is 1. The Morgan fingerprint density at radius 2 is 2.12 bits per heavy atom. The molecule has 1 aromatic carbocycles. The third-order valence-corrected chi connectivity index (χ3v) is 3.65. The van der Waals surface area contributed by atoms with Gasteiger partial charge in [0, 0.05) is 11.2 Å². The SMILES string of the molecule is CC(Br)CC(C)(C)CC1Cc2ccccc2O1. The lowest BCUT2D eigenvalue weighted by molar-refractivity contribution is 0.151. The molecule has 17 heavy (non-hydrogen) atoms. The lowest BCUT2D eigenvalue weighted by Crippen LogP contribution is -2.25. The van der Waals surface area contributed by atoms with E-state index >= 15 is 0 Å². The Morgan fingerprint density at radius 1 is 1.41 bits per heavy atom. The summed E-state index contributed by atoms with van der Waals surface area (Å²) < 4.78 is 6.01. The van der Waals surface area contributed by atoms with E-state index in [1.54, 1.807) is 0 Å². The van der Waals surface area contributed by atoms with Gasteiger partial charge in [0.2, 0.25) is 0 Å². The molecule has 0 bridgehead atoms. The van der Waals surface area contributed by atoms with Gasteiger partial charge in [-0.3, -0.25) is 0 Å². The van der Waals surface area contributed by atoms with Crippen LogP contribution in [0.2, 0.25) is 0 Å². The van der Waals surface area contributed by atoms with E-state index in [9.17, 15) is 0 Å². The largest absolute Gasteiger partial charge is 0.490 e. The Hall–Kier alpha value is -0.500. The van der Waals surface area contributed by atoms with E-state index in [4.69, 9.17) is 4.74 Å². The summed E-state index contributed by atoms with van der Waals surface area (Å²) in [5.41, 5.74) is 1.69. The maximum Gasteiger partial charge on any atom is 0.123 e. The predicted octanol–water partition coefficient (Wildman–Crippen LogP) is 4.58. The van der Waals surface area contributed by atoms with Gasteiger partial charge in [-0.15, -0.1) is 0 Å². The Kier molecular flexibility index (Phi) is 3.82. The van der Waals surface area contributed by atoms with E-state index in [-0.39, 0.29) is 0 Å². The van der Waals surface area contributed by atoms with Gasteiger partial charge in [0.05, 0.1) is 0 Å². The Bertz CT molecular complexity index is 359. The summed E-state index contributed by atoms with van der Waals surface area (Å²) in [6.07, 6.45) is 3.73. The normalized spacial score (nSPS) is 20.8. The molecule has 0 spiro atoms. The van der Waals surface area contributed by atoms with Crippen LogP contribution in [0.5, 0.6) is 5.75 Å². The molecule has 94 valence electrons. The fourth-order valence-corrected chi connectivity index (χ4v) is 3.71. The highest BCUT2D eigenvalue weighted by Gasteiger charge is 2.30. The zero-order valence-electron chi connectivity index (χ0n) is 10.9. The summed E-state index contributed by atoms with van der Waals surface area (Å²) in [7, 11) is 0. The first kappa shape index (κ1) is 12.9. The monoisotopic (exact) mass is 296 g/mol. The number of para-hydroxylation sites is 1. The first-order chi connectivity index (χ1) is 7.96. The van der Waals surface area contributed by atoms with E-state index in [1.807, 2.05) is 6.07 Å². The van der Waals surface area contributed by atoms with Crippen molar-refractivity contribution in [3.8, 4) is 5.75 Å². The van der Waals surface area contributed by atoms with Crippen molar-refractivity contribution in [2.24, 2.45) is 5.41 Å². The van der Waals surface area contributed by atoms with Gasteiger partial charge in [-0.2, -0.15) is 0 Å². The molecule has 0 N–H and O–H groups in total. The third kappa shape index (κ3) is 3.48. The first-order valence-corrected chi connectivity index (χ1v) is 7.26. The van der Waals surface area contributed by atoms with Crippen LogP contribution < -0.4 is 4.74 Å². The van der Waals surface area contributed by atoms with Crippen LogP contribution in [0, 0.1) is 5.41 Å². The van der Waals surface area contributed by atoms with Crippen LogP contribution in [-0.4, -0.2) is 10.9 Å². The molecule has 2 unspecified atom stereocenters. The van der Waals surface area contributed by atoms with Crippen molar-refractivity contribution in [1.29, 1.82) is 0 Å². The molecule has 0 saturated carbocycles. The van der Waals surface area contributed by atoms with Gasteiger partial charge >= 0.3 is 0 Å². The lowest BCUT2D eigenvalue weighted by Gasteiger charge is -2.28. The van der Waals surface area contributed by atoms with E-state index in [0.717, 1.165) is 18.6 Å². The molecule has 0 fully saturated rings. The second-order valence-electron chi connectivity index (χ2n) is 5.90. The van der Waals surface area contributed by atoms with Crippen LogP contribution in [0.1, 0.15) is 39.2 Å². The molecule has 1 aromatic rings. The van der Waals surface area contributed by atoms with Crippen molar-refractivity contribution in [3.63, 3.8) is 0 Å². The Labute approximate surface area is 113 Å². The van der Waals surface area contributed by atoms with Crippen LogP contribution in [0.3, 0.4) is 0 Å². The fraction of sp³-hybridized carbons (Fsp3) is 0.600. The van der Waals surface area contributed by atoms with Crippen molar-refractivity contribution in [3.05, 3.63) is 29.8 Å². The maximum absolute atomic E-state index is 6.01. The van der Waals surface area contributed by atoms with Crippen LogP contribution >= 0.6 is 15.9 Å². The second-order valence-corrected chi connectivity index (χ2v) is 7.47. The van der Waals surface area contributed by atoms with E-state index in [2.05, 4.69) is 54.9 Å². The fourth-order valence-electron chi connectivity index (χ4n) is 2.83. The maximum atomic E-state index is 6.01. The molecule has 2 rings (SSSR count). The first-order valence-electron chi connectivity index (χ1n) is 6.35. The molecule has 2 heteroatoms. The number of ether oxygens (including phenoxy) is 1. The number of halogens is 1. The summed E-state index contributed by atoms with van der Waals surface area (Å²) >= 11 is 3.65. The lowest BCUT2D eigenvalue weighted by atomic mass is 9.81. The second kappa shape index (κ2) is 5.01. The van der Waals surface area contributed by atoms with Gasteiger partial charge in [0.25, 0.3) is 0 Å². The molecule has 1 aliphatic heterocycles. The van der Waals surface area contributed by atoms with Gasteiger partial charge in [-0.05, 0) is 29.9 Å². The van der Waals surface area contributed by atoms with Gasteiger partial charge in [-0.25, -0.2) is 0 Å². The molecule has 1 nitrogen and oxygen atoms in total. The summed E-state index contributed by atoms with van der Waals surface area (Å²) in [6, 6.07) is 8.40. The minimum atomic E-state index is 0.329. The van der Waals surface area contributed by atoms with Crippen molar-refractivity contribution < 1.29 is 4.74 Å². The molecule has 1 aliphatic rings. The summed E-state index contributed by atoms with van der Waals surface area (Å²) in [6.45, 7) is 6.88. The quantitative estimate of drug-likeness (QED) is 0.739. The summed E-state index contributed by atoms with van der Waals surface area (Å²) in [5, 5.41) is 0. The van der Waals surface area contributed by atoms with Crippen molar-refractivity contribution in [1.82, 2.24) is 0 Å². The number of alkyl halides is 1. The topological polar surface area (TPSA) is 9.23 Å². The minimum absolute atomic E-state index is 0.329. The zero-order valence-corrected chi connectivity index (χ0v) is 12.5. The standard InChI is InChI=1S/C15H21BrO/c1-11(16)9-15(2,3)10-13-8-12-6-4-5-7-14(12)17-13/h4-7,11,13H,8-10H2,1-3H3. The van der Waals surface area contributed by atoms with Gasteiger partial charge in [-0.1, -0.05) is 54.9 Å². The number of rotatable bonds is 4. The zero-order chi connectivity index (χ0) is 12.5. The molecular weight excluding hydrogens is 276 g/mol. The molecule has 0 aliphatic carbocycles. The third-order valence-electron chi connectivity index (χ3n) is 3.33. The van der Waals surface area contributed by atoms with Crippen LogP contribution in [0.4, 0.5) is 0 Å². The van der Waals surface area contributed by atoms with Gasteiger partial charge in [0.15, 0.2) is 0 Å². The van der Waals surface area contributed by atoms with Gasteiger partial charge in [0.1, 0.15) is 11.9 Å². The molecule has 2 atom stereocenters. The molecule has 1 heterocycles. The average Bonchev–Trinajstić information content (AvgIpc) is 2.55. The minimum Gasteiger partial charge on any atom is -0.490 e. The predicted molar refractivity (Wildman–Crippen MR) is 76.0 cm³/mol.